The Morgan fingerprint density at radius 3 is 2.24 bits per heavy atom. The molecule has 0 radical (unpaired) electrons. The molecule has 0 bridgehead atoms. The van der Waals surface area contributed by atoms with Crippen molar-refractivity contribution in [1.82, 2.24) is 10.2 Å². The van der Waals surface area contributed by atoms with Crippen LogP contribution in [0.3, 0.4) is 0 Å². The predicted molar refractivity (Wildman–Crippen MR) is 95.0 cm³/mol. The number of nitrogens with zero attached hydrogens (tertiary/aromatic N) is 1. The van der Waals surface area contributed by atoms with E-state index in [2.05, 4.69) is 37.9 Å². The van der Waals surface area contributed by atoms with E-state index >= 15 is 0 Å². The Balaban J connectivity index is 2.16. The summed E-state index contributed by atoms with van der Waals surface area (Å²) in [6, 6.07) is 0.746. The van der Waals surface area contributed by atoms with Gasteiger partial charge < -0.3 is 5.32 Å². The van der Waals surface area contributed by atoms with Crippen molar-refractivity contribution in [2.24, 2.45) is 0 Å². The van der Waals surface area contributed by atoms with Crippen LogP contribution in [0.2, 0.25) is 0 Å². The standard InChI is InChI=1S/C19H40N2/c1-5-7-8-9-10-11-12-13-16-21-17-19(4,6-2)20-15-14-18(21)3/h18,20H,5-17H2,1-4H3. The molecule has 1 rings (SSSR count). The van der Waals surface area contributed by atoms with Crippen molar-refractivity contribution >= 4 is 0 Å². The van der Waals surface area contributed by atoms with Crippen LogP contribution in [0.4, 0.5) is 0 Å². The van der Waals surface area contributed by atoms with Gasteiger partial charge in [-0.15, -0.1) is 0 Å². The summed E-state index contributed by atoms with van der Waals surface area (Å²) in [6.07, 6.45) is 13.9. The summed E-state index contributed by atoms with van der Waals surface area (Å²) in [7, 11) is 0. The van der Waals surface area contributed by atoms with E-state index in [1.165, 1.54) is 83.8 Å². The lowest BCUT2D eigenvalue weighted by Gasteiger charge is -2.35. The molecule has 2 heteroatoms. The van der Waals surface area contributed by atoms with Gasteiger partial charge in [0.25, 0.3) is 0 Å². The number of hydrogen-bond acceptors (Lipinski definition) is 2. The second-order valence-electron chi connectivity index (χ2n) is 7.42. The van der Waals surface area contributed by atoms with E-state index in [1.807, 2.05) is 0 Å². The Bertz CT molecular complexity index is 254. The molecule has 0 amide bonds. The van der Waals surface area contributed by atoms with Gasteiger partial charge in [-0.3, -0.25) is 4.90 Å². The highest BCUT2D eigenvalue weighted by molar-refractivity contribution is 4.90. The van der Waals surface area contributed by atoms with Crippen molar-refractivity contribution in [3.8, 4) is 0 Å². The molecule has 0 aromatic heterocycles. The topological polar surface area (TPSA) is 15.3 Å². The summed E-state index contributed by atoms with van der Waals surface area (Å²) < 4.78 is 0. The Labute approximate surface area is 134 Å². The first-order valence-corrected chi connectivity index (χ1v) is 9.60. The molecule has 1 aliphatic heterocycles. The average Bonchev–Trinajstić information content (AvgIpc) is 2.62. The fourth-order valence-corrected chi connectivity index (χ4v) is 3.41. The van der Waals surface area contributed by atoms with E-state index in [0.29, 0.717) is 5.54 Å². The maximum atomic E-state index is 3.76. The van der Waals surface area contributed by atoms with Gasteiger partial charge in [0, 0.05) is 18.1 Å². The fourth-order valence-electron chi connectivity index (χ4n) is 3.41. The van der Waals surface area contributed by atoms with Gasteiger partial charge in [-0.2, -0.15) is 0 Å². The molecule has 1 fully saturated rings. The lowest BCUT2D eigenvalue weighted by molar-refractivity contribution is 0.168. The van der Waals surface area contributed by atoms with Crippen LogP contribution >= 0.6 is 0 Å². The van der Waals surface area contributed by atoms with Crippen LogP contribution < -0.4 is 5.32 Å². The van der Waals surface area contributed by atoms with Crippen molar-refractivity contribution in [2.45, 2.75) is 103 Å². The highest BCUT2D eigenvalue weighted by Crippen LogP contribution is 2.19. The number of hydrogen-bond donors (Lipinski definition) is 1. The zero-order valence-electron chi connectivity index (χ0n) is 15.2. The third kappa shape index (κ3) is 7.65. The molecular weight excluding hydrogens is 256 g/mol. The molecule has 1 N–H and O–H groups in total. The minimum Gasteiger partial charge on any atom is -0.310 e. The van der Waals surface area contributed by atoms with Crippen molar-refractivity contribution in [2.75, 3.05) is 19.6 Å². The summed E-state index contributed by atoms with van der Waals surface area (Å²) in [6.45, 7) is 13.1. The molecule has 0 aliphatic carbocycles. The third-order valence-corrected chi connectivity index (χ3v) is 5.37. The third-order valence-electron chi connectivity index (χ3n) is 5.37. The first kappa shape index (κ1) is 19.0. The van der Waals surface area contributed by atoms with Crippen molar-refractivity contribution in [3.63, 3.8) is 0 Å². The highest BCUT2D eigenvalue weighted by atomic mass is 15.2. The average molecular weight is 297 g/mol. The van der Waals surface area contributed by atoms with E-state index in [-0.39, 0.29) is 0 Å². The molecule has 1 aliphatic rings. The first-order chi connectivity index (χ1) is 10.1. The minimum atomic E-state index is 0.324. The zero-order valence-corrected chi connectivity index (χ0v) is 15.2. The van der Waals surface area contributed by atoms with Gasteiger partial charge in [0.05, 0.1) is 0 Å². The molecule has 2 nitrogen and oxygen atoms in total. The van der Waals surface area contributed by atoms with Crippen LogP contribution in [0.1, 0.15) is 91.9 Å². The SMILES string of the molecule is CCCCCCCCCCN1CC(C)(CC)NCCC1C. The van der Waals surface area contributed by atoms with E-state index < -0.39 is 0 Å². The Morgan fingerprint density at radius 2 is 1.62 bits per heavy atom. The number of nitrogens with one attached hydrogen (secondary N) is 1. The van der Waals surface area contributed by atoms with E-state index in [1.54, 1.807) is 0 Å². The van der Waals surface area contributed by atoms with Gasteiger partial charge in [0.1, 0.15) is 0 Å². The summed E-state index contributed by atoms with van der Waals surface area (Å²) >= 11 is 0. The Hall–Kier alpha value is -0.0800. The fraction of sp³-hybridized carbons (Fsp3) is 1.00. The molecule has 1 heterocycles. The maximum absolute atomic E-state index is 3.76. The molecule has 2 atom stereocenters. The van der Waals surface area contributed by atoms with Crippen molar-refractivity contribution in [3.05, 3.63) is 0 Å². The van der Waals surface area contributed by atoms with Gasteiger partial charge in [-0.1, -0.05) is 58.8 Å². The second-order valence-corrected chi connectivity index (χ2v) is 7.42. The van der Waals surface area contributed by atoms with Crippen LogP contribution in [-0.2, 0) is 0 Å². The lowest BCUT2D eigenvalue weighted by atomic mass is 9.98. The minimum absolute atomic E-state index is 0.324. The number of unbranched alkanes of at least 4 members (excludes halogenated alkanes) is 7. The van der Waals surface area contributed by atoms with E-state index in [0.717, 1.165) is 6.04 Å². The molecule has 0 aromatic rings. The van der Waals surface area contributed by atoms with Gasteiger partial charge in [-0.25, -0.2) is 0 Å². The largest absolute Gasteiger partial charge is 0.310 e. The van der Waals surface area contributed by atoms with Gasteiger partial charge in [0.2, 0.25) is 0 Å². The maximum Gasteiger partial charge on any atom is 0.0277 e. The van der Waals surface area contributed by atoms with Crippen molar-refractivity contribution in [1.29, 1.82) is 0 Å². The Morgan fingerprint density at radius 1 is 1.00 bits per heavy atom. The summed E-state index contributed by atoms with van der Waals surface area (Å²) in [5.41, 5.74) is 0.324. The van der Waals surface area contributed by atoms with Crippen LogP contribution in [0.5, 0.6) is 0 Å². The molecule has 0 aromatic carbocycles. The molecule has 0 saturated carbocycles. The second kappa shape index (κ2) is 10.6. The van der Waals surface area contributed by atoms with E-state index in [4.69, 9.17) is 0 Å². The normalized spacial score (nSPS) is 27.7. The quantitative estimate of drug-likeness (QED) is 0.572. The monoisotopic (exact) mass is 296 g/mol. The molecule has 21 heavy (non-hydrogen) atoms. The number of rotatable bonds is 10. The van der Waals surface area contributed by atoms with Crippen LogP contribution in [0.25, 0.3) is 0 Å². The van der Waals surface area contributed by atoms with Crippen LogP contribution in [0, 0.1) is 0 Å². The molecule has 2 unspecified atom stereocenters. The van der Waals surface area contributed by atoms with Gasteiger partial charge in [-0.05, 0) is 46.2 Å². The smallest absolute Gasteiger partial charge is 0.0277 e. The molecule has 126 valence electrons. The first-order valence-electron chi connectivity index (χ1n) is 9.60. The lowest BCUT2D eigenvalue weighted by Crippen LogP contribution is -2.49. The van der Waals surface area contributed by atoms with Crippen LogP contribution in [-0.4, -0.2) is 36.1 Å². The summed E-state index contributed by atoms with van der Waals surface area (Å²) in [4.78, 5) is 2.74. The van der Waals surface area contributed by atoms with E-state index in [9.17, 15) is 0 Å². The van der Waals surface area contributed by atoms with Gasteiger partial charge in [0.15, 0.2) is 0 Å². The molecular formula is C19H40N2. The van der Waals surface area contributed by atoms with Crippen LogP contribution in [0.15, 0.2) is 0 Å². The Kier molecular flexibility index (Phi) is 9.59. The summed E-state index contributed by atoms with van der Waals surface area (Å²) in [5.74, 6) is 0. The van der Waals surface area contributed by atoms with Gasteiger partial charge >= 0.3 is 0 Å². The summed E-state index contributed by atoms with van der Waals surface area (Å²) in [5, 5.41) is 3.76. The molecule has 1 saturated heterocycles. The zero-order chi connectivity index (χ0) is 15.6. The molecule has 0 spiro atoms. The predicted octanol–water partition coefficient (Wildman–Crippen LogP) is 4.98. The highest BCUT2D eigenvalue weighted by Gasteiger charge is 2.29. The van der Waals surface area contributed by atoms with Crippen molar-refractivity contribution < 1.29 is 0 Å².